The number of piperidine rings is 1. The fourth-order valence-electron chi connectivity index (χ4n) is 6.25. The summed E-state index contributed by atoms with van der Waals surface area (Å²) in [5.41, 5.74) is 0.211. The van der Waals surface area contributed by atoms with Crippen molar-refractivity contribution < 1.29 is 59.4 Å². The van der Waals surface area contributed by atoms with Crippen molar-refractivity contribution in [1.82, 2.24) is 40.0 Å². The number of likely N-dealkylation sites (N-methyl/N-ethyl adjacent to an activating group) is 1. The highest BCUT2D eigenvalue weighted by Crippen LogP contribution is 2.35. The van der Waals surface area contributed by atoms with E-state index in [9.17, 15) is 35.9 Å². The summed E-state index contributed by atoms with van der Waals surface area (Å²) in [5.74, 6) is -4.10. The normalized spacial score (nSPS) is 23.2. The number of likely N-dealkylation sites (tertiary alicyclic amines) is 1. The van der Waals surface area contributed by atoms with Gasteiger partial charge in [0.2, 0.25) is 11.7 Å². The van der Waals surface area contributed by atoms with Crippen molar-refractivity contribution in [3.63, 3.8) is 0 Å². The number of aromatic nitrogens is 4. The molecule has 0 aliphatic carbocycles. The number of carbonyl (C=O) groups is 2. The second-order valence-electron chi connectivity index (χ2n) is 13.1. The van der Waals surface area contributed by atoms with Gasteiger partial charge in [0, 0.05) is 52.6 Å². The smallest absolute Gasteiger partial charge is 0.471 e. The molecule has 0 bridgehead atoms. The number of hydroxylamine groups is 2. The number of alkyl halides is 6. The monoisotopic (exact) mass is 759 g/mol. The van der Waals surface area contributed by atoms with Crippen molar-refractivity contribution in [2.45, 2.75) is 61.8 Å². The molecule has 0 spiro atoms. The molecule has 53 heavy (non-hydrogen) atoms. The number of benzene rings is 1. The third kappa shape index (κ3) is 8.38. The number of hydrogen-bond acceptors (Lipinski definition) is 14. The van der Waals surface area contributed by atoms with Crippen LogP contribution in [0.3, 0.4) is 0 Å². The van der Waals surface area contributed by atoms with Crippen LogP contribution in [0.4, 0.5) is 26.3 Å². The highest BCUT2D eigenvalue weighted by Gasteiger charge is 2.52. The van der Waals surface area contributed by atoms with E-state index in [4.69, 9.17) is 14.4 Å². The SMILES string of the molecule is CN(C)C(=O)C1=NOC(CN2CCC(c3noc(C(F)(F)F)n3)CC2)C1N1OC(COc2cccc(-c3noc(C(F)(F)F)n3)c2)CC1C(=O)N(C)C. The molecule has 2 amide bonds. The molecular weight excluding hydrogens is 724 g/mol. The summed E-state index contributed by atoms with van der Waals surface area (Å²) in [5, 5.41) is 12.5. The van der Waals surface area contributed by atoms with Crippen LogP contribution in [0.25, 0.3) is 11.4 Å². The first kappa shape index (κ1) is 37.9. The molecule has 2 saturated heterocycles. The minimum Gasteiger partial charge on any atom is -0.491 e. The largest absolute Gasteiger partial charge is 0.491 e. The first-order valence-corrected chi connectivity index (χ1v) is 16.4. The van der Waals surface area contributed by atoms with Gasteiger partial charge in [-0.15, -0.1) is 0 Å². The Balaban J connectivity index is 1.16. The number of carbonyl (C=O) groups excluding carboxylic acids is 2. The van der Waals surface area contributed by atoms with Crippen LogP contribution < -0.4 is 4.74 Å². The van der Waals surface area contributed by atoms with Crippen molar-refractivity contribution in [1.29, 1.82) is 0 Å². The molecule has 3 aliphatic rings. The minimum atomic E-state index is -4.81. The van der Waals surface area contributed by atoms with Gasteiger partial charge in [-0.25, -0.2) is 0 Å². The third-order valence-corrected chi connectivity index (χ3v) is 8.88. The summed E-state index contributed by atoms with van der Waals surface area (Å²) in [6, 6.07) is 4.18. The van der Waals surface area contributed by atoms with Gasteiger partial charge in [-0.3, -0.25) is 19.3 Å². The topological polar surface area (TPSA) is 165 Å². The number of rotatable bonds is 10. The lowest BCUT2D eigenvalue weighted by molar-refractivity contribution is -0.200. The zero-order valence-corrected chi connectivity index (χ0v) is 28.8. The lowest BCUT2D eigenvalue weighted by Crippen LogP contribution is -2.57. The molecular formula is C31H35F6N9O7. The van der Waals surface area contributed by atoms with Crippen LogP contribution in [0.5, 0.6) is 5.75 Å². The van der Waals surface area contributed by atoms with Gasteiger partial charge in [-0.2, -0.15) is 41.4 Å². The van der Waals surface area contributed by atoms with E-state index in [1.54, 1.807) is 34.3 Å². The van der Waals surface area contributed by atoms with Crippen LogP contribution in [0, 0.1) is 0 Å². The Morgan fingerprint density at radius 3 is 2.25 bits per heavy atom. The van der Waals surface area contributed by atoms with E-state index in [2.05, 4.69) is 34.5 Å². The van der Waals surface area contributed by atoms with E-state index in [0.717, 1.165) is 0 Å². The summed E-state index contributed by atoms with van der Waals surface area (Å²) in [6.45, 7) is 1.00. The van der Waals surface area contributed by atoms with Crippen LogP contribution in [-0.4, -0.2) is 136 Å². The van der Waals surface area contributed by atoms with E-state index < -0.39 is 54.3 Å². The number of nitrogens with zero attached hydrogens (tertiary/aromatic N) is 9. The average molecular weight is 760 g/mol. The molecule has 4 unspecified atom stereocenters. The van der Waals surface area contributed by atoms with Gasteiger partial charge in [0.15, 0.2) is 17.6 Å². The van der Waals surface area contributed by atoms with Crippen molar-refractivity contribution in [2.75, 3.05) is 54.4 Å². The summed E-state index contributed by atoms with van der Waals surface area (Å²) in [4.78, 5) is 50.7. The van der Waals surface area contributed by atoms with E-state index in [1.807, 2.05) is 4.90 Å². The molecule has 0 saturated carbocycles. The van der Waals surface area contributed by atoms with Crippen LogP contribution >= 0.6 is 0 Å². The highest BCUT2D eigenvalue weighted by atomic mass is 19.4. The lowest BCUT2D eigenvalue weighted by Gasteiger charge is -2.36. The number of hydrogen-bond donors (Lipinski definition) is 0. The van der Waals surface area contributed by atoms with Crippen LogP contribution in [0.1, 0.15) is 42.8 Å². The van der Waals surface area contributed by atoms with Crippen LogP contribution in [0.15, 0.2) is 38.5 Å². The van der Waals surface area contributed by atoms with Crippen LogP contribution in [-0.2, 0) is 31.6 Å². The van der Waals surface area contributed by atoms with E-state index >= 15 is 0 Å². The molecule has 4 atom stereocenters. The molecule has 3 aliphatic heterocycles. The predicted octanol–water partition coefficient (Wildman–Crippen LogP) is 3.09. The lowest BCUT2D eigenvalue weighted by atomic mass is 9.95. The molecule has 5 heterocycles. The second kappa shape index (κ2) is 14.9. The van der Waals surface area contributed by atoms with Gasteiger partial charge in [0.25, 0.3) is 5.91 Å². The Kier molecular flexibility index (Phi) is 10.7. The minimum absolute atomic E-state index is 0.00512. The Morgan fingerprint density at radius 2 is 1.62 bits per heavy atom. The quantitative estimate of drug-likeness (QED) is 0.277. The van der Waals surface area contributed by atoms with Crippen molar-refractivity contribution in [3.05, 3.63) is 41.9 Å². The second-order valence-corrected chi connectivity index (χ2v) is 13.1. The standard InChI is InChI=1S/C31H35F6N9O7/c1-43(2)26(47)20-13-19(15-49-18-7-5-6-17(12-18)25-39-29(52-42-25)31(35,36)37)53-46(20)23-21(50-40-22(23)27(48)44(3)4)14-45-10-8-16(9-11-45)24-38-28(51-41-24)30(32,33)34/h5-7,12,16,19-21,23H,8-11,13-15H2,1-4H3. The van der Waals surface area contributed by atoms with Crippen molar-refractivity contribution in [2.24, 2.45) is 5.16 Å². The summed E-state index contributed by atoms with van der Waals surface area (Å²) in [7, 11) is 6.23. The Bertz CT molecular complexity index is 1810. The van der Waals surface area contributed by atoms with Gasteiger partial charge in [0.1, 0.15) is 30.5 Å². The first-order valence-electron chi connectivity index (χ1n) is 16.4. The number of ether oxygens (including phenoxy) is 1. The fraction of sp³-hybridized carbons (Fsp3) is 0.581. The average Bonchev–Trinajstić information content (AvgIpc) is 3.93. The molecule has 0 radical (unpaired) electrons. The third-order valence-electron chi connectivity index (χ3n) is 8.88. The molecule has 0 N–H and O–H groups in total. The highest BCUT2D eigenvalue weighted by molar-refractivity contribution is 6.41. The number of halogens is 6. The molecule has 22 heteroatoms. The van der Waals surface area contributed by atoms with Gasteiger partial charge in [-0.05, 0) is 38.1 Å². The molecule has 2 aromatic heterocycles. The maximum Gasteiger partial charge on any atom is 0.471 e. The summed E-state index contributed by atoms with van der Waals surface area (Å²) in [6.07, 6.45) is -10.1. The van der Waals surface area contributed by atoms with Crippen LogP contribution in [0.2, 0.25) is 0 Å². The molecule has 2 fully saturated rings. The van der Waals surface area contributed by atoms with Gasteiger partial charge >= 0.3 is 24.1 Å². The van der Waals surface area contributed by atoms with E-state index in [1.165, 1.54) is 33.1 Å². The Morgan fingerprint density at radius 1 is 0.943 bits per heavy atom. The van der Waals surface area contributed by atoms with Crippen molar-refractivity contribution in [3.8, 4) is 17.1 Å². The fourth-order valence-corrected chi connectivity index (χ4v) is 6.25. The molecule has 16 nitrogen and oxygen atoms in total. The van der Waals surface area contributed by atoms with Gasteiger partial charge < -0.3 is 28.4 Å². The summed E-state index contributed by atoms with van der Waals surface area (Å²) < 4.78 is 92.6. The summed E-state index contributed by atoms with van der Waals surface area (Å²) >= 11 is 0. The maximum absolute atomic E-state index is 13.5. The zero-order chi connectivity index (χ0) is 38.2. The Labute approximate surface area is 297 Å². The Hall–Kier alpha value is -4.83. The number of oxime groups is 1. The van der Waals surface area contributed by atoms with Gasteiger partial charge in [0.05, 0.1) is 0 Å². The maximum atomic E-state index is 13.5. The molecule has 6 rings (SSSR count). The van der Waals surface area contributed by atoms with E-state index in [-0.39, 0.29) is 60.1 Å². The molecule has 288 valence electrons. The predicted molar refractivity (Wildman–Crippen MR) is 167 cm³/mol. The first-order chi connectivity index (χ1) is 25.0. The van der Waals surface area contributed by atoms with Crippen molar-refractivity contribution >= 4 is 17.5 Å². The molecule has 3 aromatic rings. The zero-order valence-electron chi connectivity index (χ0n) is 28.8. The van der Waals surface area contributed by atoms with E-state index in [0.29, 0.717) is 25.9 Å². The molecule has 1 aromatic carbocycles. The number of amides is 2. The van der Waals surface area contributed by atoms with Gasteiger partial charge in [-0.1, -0.05) is 27.6 Å².